The summed E-state index contributed by atoms with van der Waals surface area (Å²) >= 11 is 5.71. The van der Waals surface area contributed by atoms with Crippen molar-refractivity contribution in [2.24, 2.45) is 0 Å². The number of rotatable bonds is 4. The fraction of sp³-hybridized carbons (Fsp3) is 0.636. The van der Waals surface area contributed by atoms with Crippen LogP contribution in [0.2, 0.25) is 5.28 Å². The van der Waals surface area contributed by atoms with Crippen molar-refractivity contribution in [2.45, 2.75) is 31.8 Å². The number of hydrogen-bond acceptors (Lipinski definition) is 4. The molecule has 1 aliphatic rings. The third-order valence-corrected chi connectivity index (χ3v) is 2.98. The summed E-state index contributed by atoms with van der Waals surface area (Å²) in [4.78, 5) is 7.98. The Morgan fingerprint density at radius 1 is 1.50 bits per heavy atom. The van der Waals surface area contributed by atoms with Crippen molar-refractivity contribution < 1.29 is 0 Å². The van der Waals surface area contributed by atoms with Crippen LogP contribution >= 0.6 is 11.6 Å². The van der Waals surface area contributed by atoms with E-state index in [1.807, 2.05) is 6.07 Å². The Hall–Kier alpha value is -0.710. The van der Waals surface area contributed by atoms with Gasteiger partial charge in [-0.1, -0.05) is 6.42 Å². The van der Waals surface area contributed by atoms with Crippen molar-refractivity contribution in [3.63, 3.8) is 0 Å². The van der Waals surface area contributed by atoms with E-state index in [1.54, 1.807) is 6.20 Å². The van der Waals surface area contributed by atoms with Gasteiger partial charge < -0.3 is 10.6 Å². The van der Waals surface area contributed by atoms with E-state index >= 15 is 0 Å². The molecule has 16 heavy (non-hydrogen) atoms. The lowest BCUT2D eigenvalue weighted by molar-refractivity contribution is 0.382. The van der Waals surface area contributed by atoms with Crippen LogP contribution in [0.15, 0.2) is 12.3 Å². The van der Waals surface area contributed by atoms with Gasteiger partial charge in [0.05, 0.1) is 5.69 Å². The second-order valence-electron chi connectivity index (χ2n) is 4.09. The average molecular weight is 241 g/mol. The van der Waals surface area contributed by atoms with Crippen molar-refractivity contribution in [1.29, 1.82) is 0 Å². The fourth-order valence-electron chi connectivity index (χ4n) is 1.94. The highest BCUT2D eigenvalue weighted by Gasteiger charge is 2.11. The molecule has 88 valence electrons. The van der Waals surface area contributed by atoms with E-state index in [4.69, 9.17) is 11.6 Å². The Bertz CT molecular complexity index is 326. The lowest BCUT2D eigenvalue weighted by Gasteiger charge is -2.23. The third-order valence-electron chi connectivity index (χ3n) is 2.79. The minimum atomic E-state index is 0.315. The van der Waals surface area contributed by atoms with Crippen molar-refractivity contribution in [3.8, 4) is 0 Å². The summed E-state index contributed by atoms with van der Waals surface area (Å²) in [5.74, 6) is 0. The highest BCUT2D eigenvalue weighted by atomic mass is 35.5. The smallest absolute Gasteiger partial charge is 0.222 e. The standard InChI is InChI=1S/C11H17ClN4/c12-11-15-6-4-10(16-11)8-13-7-9-3-1-2-5-14-9/h4,6,9,13-14H,1-3,5,7-8H2/t9-/m1/s1. The van der Waals surface area contributed by atoms with Crippen LogP contribution in [-0.2, 0) is 6.54 Å². The number of halogens is 1. The molecule has 0 unspecified atom stereocenters. The van der Waals surface area contributed by atoms with E-state index in [2.05, 4.69) is 20.6 Å². The Balaban J connectivity index is 1.71. The molecule has 0 radical (unpaired) electrons. The Labute approximate surface area is 101 Å². The van der Waals surface area contributed by atoms with Crippen LogP contribution in [0.1, 0.15) is 25.0 Å². The van der Waals surface area contributed by atoms with E-state index in [0.717, 1.165) is 25.3 Å². The summed E-state index contributed by atoms with van der Waals surface area (Å²) in [5, 5.41) is 7.20. The molecule has 0 spiro atoms. The lowest BCUT2D eigenvalue weighted by Crippen LogP contribution is -2.41. The second-order valence-corrected chi connectivity index (χ2v) is 4.43. The van der Waals surface area contributed by atoms with Crippen molar-refractivity contribution in [2.75, 3.05) is 13.1 Å². The molecule has 1 aromatic rings. The Morgan fingerprint density at radius 2 is 2.44 bits per heavy atom. The fourth-order valence-corrected chi connectivity index (χ4v) is 2.11. The van der Waals surface area contributed by atoms with Gasteiger partial charge in [-0.2, -0.15) is 0 Å². The predicted molar refractivity (Wildman–Crippen MR) is 64.4 cm³/mol. The topological polar surface area (TPSA) is 49.8 Å². The van der Waals surface area contributed by atoms with Crippen molar-refractivity contribution in [3.05, 3.63) is 23.2 Å². The van der Waals surface area contributed by atoms with Crippen LogP contribution in [-0.4, -0.2) is 29.1 Å². The van der Waals surface area contributed by atoms with E-state index in [-0.39, 0.29) is 0 Å². The molecule has 0 saturated carbocycles. The first kappa shape index (κ1) is 11.8. The first-order chi connectivity index (χ1) is 7.84. The van der Waals surface area contributed by atoms with Crippen LogP contribution in [0, 0.1) is 0 Å². The van der Waals surface area contributed by atoms with Gasteiger partial charge in [0.25, 0.3) is 0 Å². The van der Waals surface area contributed by atoms with Gasteiger partial charge in [-0.3, -0.25) is 0 Å². The summed E-state index contributed by atoms with van der Waals surface area (Å²) in [7, 11) is 0. The van der Waals surface area contributed by atoms with Gasteiger partial charge in [0.2, 0.25) is 5.28 Å². The Morgan fingerprint density at radius 3 is 3.19 bits per heavy atom. The maximum Gasteiger partial charge on any atom is 0.222 e. The quantitative estimate of drug-likeness (QED) is 0.781. The van der Waals surface area contributed by atoms with Crippen LogP contribution in [0.25, 0.3) is 0 Å². The van der Waals surface area contributed by atoms with Crippen LogP contribution in [0.4, 0.5) is 0 Å². The van der Waals surface area contributed by atoms with Crippen LogP contribution in [0.3, 0.4) is 0 Å². The molecule has 1 saturated heterocycles. The third kappa shape index (κ3) is 3.70. The van der Waals surface area contributed by atoms with E-state index in [1.165, 1.54) is 19.3 Å². The number of piperidine rings is 1. The monoisotopic (exact) mass is 240 g/mol. The largest absolute Gasteiger partial charge is 0.313 e. The van der Waals surface area contributed by atoms with E-state index in [0.29, 0.717) is 11.3 Å². The molecule has 5 heteroatoms. The summed E-state index contributed by atoms with van der Waals surface area (Å²) in [5.41, 5.74) is 0.941. The van der Waals surface area contributed by atoms with Gasteiger partial charge in [-0.05, 0) is 37.1 Å². The van der Waals surface area contributed by atoms with Crippen molar-refractivity contribution >= 4 is 11.6 Å². The zero-order valence-electron chi connectivity index (χ0n) is 9.25. The summed E-state index contributed by atoms with van der Waals surface area (Å²) in [6.07, 6.45) is 5.58. The minimum Gasteiger partial charge on any atom is -0.313 e. The number of nitrogens with one attached hydrogen (secondary N) is 2. The summed E-state index contributed by atoms with van der Waals surface area (Å²) < 4.78 is 0. The minimum absolute atomic E-state index is 0.315. The molecule has 0 amide bonds. The molecule has 4 nitrogen and oxygen atoms in total. The number of hydrogen-bond donors (Lipinski definition) is 2. The highest BCUT2D eigenvalue weighted by Crippen LogP contribution is 2.06. The molecule has 1 aliphatic heterocycles. The number of aromatic nitrogens is 2. The second kappa shape index (κ2) is 6.13. The molecule has 2 rings (SSSR count). The molecule has 0 aliphatic carbocycles. The molecule has 1 fully saturated rings. The summed E-state index contributed by atoms with van der Waals surface area (Å²) in [6, 6.07) is 2.48. The summed E-state index contributed by atoms with van der Waals surface area (Å²) in [6.45, 7) is 2.88. The van der Waals surface area contributed by atoms with Gasteiger partial charge in [-0.25, -0.2) is 9.97 Å². The maximum absolute atomic E-state index is 5.71. The zero-order chi connectivity index (χ0) is 11.2. The molecule has 0 aromatic carbocycles. The normalized spacial score (nSPS) is 20.9. The molecular weight excluding hydrogens is 224 g/mol. The zero-order valence-corrected chi connectivity index (χ0v) is 10.0. The van der Waals surface area contributed by atoms with Gasteiger partial charge >= 0.3 is 0 Å². The molecule has 2 N–H and O–H groups in total. The first-order valence-corrected chi connectivity index (χ1v) is 6.14. The molecule has 2 heterocycles. The highest BCUT2D eigenvalue weighted by molar-refractivity contribution is 6.28. The van der Waals surface area contributed by atoms with Crippen LogP contribution < -0.4 is 10.6 Å². The average Bonchev–Trinajstić information content (AvgIpc) is 2.30. The van der Waals surface area contributed by atoms with E-state index < -0.39 is 0 Å². The van der Waals surface area contributed by atoms with Gasteiger partial charge in [0.15, 0.2) is 0 Å². The van der Waals surface area contributed by atoms with Gasteiger partial charge in [-0.15, -0.1) is 0 Å². The van der Waals surface area contributed by atoms with Crippen molar-refractivity contribution in [1.82, 2.24) is 20.6 Å². The molecule has 1 aromatic heterocycles. The van der Waals surface area contributed by atoms with Gasteiger partial charge in [0, 0.05) is 25.3 Å². The van der Waals surface area contributed by atoms with Crippen LogP contribution in [0.5, 0.6) is 0 Å². The lowest BCUT2D eigenvalue weighted by atomic mass is 10.1. The predicted octanol–water partition coefficient (Wildman–Crippen LogP) is 1.36. The number of nitrogens with zero attached hydrogens (tertiary/aromatic N) is 2. The SMILES string of the molecule is Clc1nccc(CNC[C@H]2CCCCN2)n1. The molecule has 0 bridgehead atoms. The molecule has 1 atom stereocenters. The Kier molecular flexibility index (Phi) is 4.51. The van der Waals surface area contributed by atoms with Gasteiger partial charge in [0.1, 0.15) is 0 Å². The van der Waals surface area contributed by atoms with E-state index in [9.17, 15) is 0 Å². The first-order valence-electron chi connectivity index (χ1n) is 5.76. The molecular formula is C11H17ClN4. The maximum atomic E-state index is 5.71.